The monoisotopic (exact) mass is 438 g/mol. The Hall–Kier alpha value is -2.81. The first kappa shape index (κ1) is 19.6. The van der Waals surface area contributed by atoms with Crippen LogP contribution in [0, 0.1) is 40.9 Å². The maximum atomic E-state index is 13.3. The zero-order valence-corrected chi connectivity index (χ0v) is 19.1. The van der Waals surface area contributed by atoms with Gasteiger partial charge < -0.3 is 9.47 Å². The van der Waals surface area contributed by atoms with Crippen LogP contribution in [0.25, 0.3) is 21.5 Å². The lowest BCUT2D eigenvalue weighted by Crippen LogP contribution is -2.43. The summed E-state index contributed by atoms with van der Waals surface area (Å²) in [6.07, 6.45) is 8.43. The summed E-state index contributed by atoms with van der Waals surface area (Å²) in [6, 6.07) is 18.8. The first-order valence-corrected chi connectivity index (χ1v) is 12.5. The number of hydrogen-bond donors (Lipinski definition) is 0. The number of hydrogen-bond acceptors (Lipinski definition) is 3. The number of esters is 1. The van der Waals surface area contributed by atoms with Crippen LogP contribution in [0.15, 0.2) is 66.7 Å². The molecule has 0 amide bonds. The number of ether oxygens (including phenoxy) is 2. The summed E-state index contributed by atoms with van der Waals surface area (Å²) in [5.74, 6) is 5.07. The van der Waals surface area contributed by atoms with E-state index in [0.717, 1.165) is 45.6 Å². The van der Waals surface area contributed by atoms with Crippen LogP contribution in [-0.4, -0.2) is 19.2 Å². The molecule has 3 nitrogen and oxygen atoms in total. The number of allylic oxidation sites excluding steroid dienone is 2. The molecule has 3 aromatic carbocycles. The molecule has 3 fully saturated rings. The molecule has 0 N–H and O–H groups in total. The van der Waals surface area contributed by atoms with Crippen LogP contribution in [0.4, 0.5) is 0 Å². The Balaban J connectivity index is 1.06. The average molecular weight is 439 g/mol. The first-order chi connectivity index (χ1) is 16.1. The van der Waals surface area contributed by atoms with Crippen molar-refractivity contribution in [2.75, 3.05) is 13.2 Å². The summed E-state index contributed by atoms with van der Waals surface area (Å²) in [7, 11) is 0. The summed E-state index contributed by atoms with van der Waals surface area (Å²) in [5.41, 5.74) is -0.323. The van der Waals surface area contributed by atoms with Gasteiger partial charge in [0.25, 0.3) is 0 Å². The van der Waals surface area contributed by atoms with E-state index in [9.17, 15) is 4.79 Å². The van der Waals surface area contributed by atoms with Crippen LogP contribution in [-0.2, 0) is 9.53 Å². The Morgan fingerprint density at radius 1 is 0.909 bits per heavy atom. The Morgan fingerprint density at radius 2 is 1.58 bits per heavy atom. The molecule has 4 bridgehead atoms. The third-order valence-electron chi connectivity index (χ3n) is 9.40. The molecule has 0 aromatic heterocycles. The third kappa shape index (κ3) is 2.77. The third-order valence-corrected chi connectivity index (χ3v) is 9.40. The quantitative estimate of drug-likeness (QED) is 0.152. The fraction of sp³-hybridized carbons (Fsp3) is 0.433. The number of rotatable bonds is 5. The predicted octanol–water partition coefficient (Wildman–Crippen LogP) is 6.40. The fourth-order valence-electron chi connectivity index (χ4n) is 8.17. The second-order valence-electron chi connectivity index (χ2n) is 11.0. The minimum atomic E-state index is -0.323. The average Bonchev–Trinajstić information content (AvgIpc) is 3.60. The molecule has 33 heavy (non-hydrogen) atoms. The van der Waals surface area contributed by atoms with Crippen molar-refractivity contribution in [1.82, 2.24) is 0 Å². The largest absolute Gasteiger partial charge is 0.489 e. The second-order valence-corrected chi connectivity index (χ2v) is 11.0. The molecule has 0 spiro atoms. The molecule has 168 valence electrons. The van der Waals surface area contributed by atoms with Gasteiger partial charge in [-0.2, -0.15) is 0 Å². The smallest absolute Gasteiger partial charge is 0.312 e. The zero-order valence-electron chi connectivity index (χ0n) is 19.1. The lowest BCUT2D eigenvalue weighted by molar-refractivity contribution is -0.161. The summed E-state index contributed by atoms with van der Waals surface area (Å²) >= 11 is 0. The van der Waals surface area contributed by atoms with Crippen LogP contribution in [0.1, 0.15) is 26.2 Å². The molecular formula is C30H30O3. The van der Waals surface area contributed by atoms with E-state index < -0.39 is 0 Å². The Morgan fingerprint density at radius 3 is 2.30 bits per heavy atom. The molecular weight excluding hydrogens is 408 g/mol. The minimum absolute atomic E-state index is 0.00780. The van der Waals surface area contributed by atoms with E-state index in [0.29, 0.717) is 36.9 Å². The molecule has 4 aliphatic carbocycles. The van der Waals surface area contributed by atoms with Crippen molar-refractivity contribution in [3.8, 4) is 5.75 Å². The maximum absolute atomic E-state index is 13.3. The SMILES string of the molecule is CC1(C(=O)OCCOc2c3ccccc3cc3ccccc23)CC2CC1C1C3C=CC(C3)C21. The summed E-state index contributed by atoms with van der Waals surface area (Å²) < 4.78 is 12.1. The molecule has 7 atom stereocenters. The Labute approximate surface area is 194 Å². The summed E-state index contributed by atoms with van der Waals surface area (Å²) in [5, 5.41) is 4.51. The van der Waals surface area contributed by atoms with Gasteiger partial charge in [-0.05, 0) is 78.5 Å². The van der Waals surface area contributed by atoms with Crippen molar-refractivity contribution in [2.45, 2.75) is 26.2 Å². The number of carbonyl (C=O) groups excluding carboxylic acids is 1. The highest BCUT2D eigenvalue weighted by molar-refractivity contribution is 6.05. The molecule has 3 aromatic rings. The van der Waals surface area contributed by atoms with Gasteiger partial charge in [0.05, 0.1) is 5.41 Å². The topological polar surface area (TPSA) is 35.5 Å². The number of benzene rings is 3. The standard InChI is InChI=1S/C30H30O3/c1-30(17-22-16-25(30)27-21-11-10-20(15-21)26(22)27)29(31)33-13-12-32-28-23-8-4-2-6-18(23)14-19-7-3-5-9-24(19)28/h2-11,14,20-22,25-27H,12-13,15-17H2,1H3. The molecule has 4 aliphatic rings. The van der Waals surface area contributed by atoms with Gasteiger partial charge in [0.15, 0.2) is 0 Å². The summed E-state index contributed by atoms with van der Waals surface area (Å²) in [6.45, 7) is 2.84. The van der Waals surface area contributed by atoms with Gasteiger partial charge in [-0.15, -0.1) is 0 Å². The fourth-order valence-corrected chi connectivity index (χ4v) is 8.17. The first-order valence-electron chi connectivity index (χ1n) is 12.5. The van der Waals surface area contributed by atoms with E-state index in [1.807, 2.05) is 12.1 Å². The molecule has 0 aliphatic heterocycles. The van der Waals surface area contributed by atoms with E-state index in [-0.39, 0.29) is 11.4 Å². The van der Waals surface area contributed by atoms with Crippen LogP contribution in [0.5, 0.6) is 5.75 Å². The highest BCUT2D eigenvalue weighted by atomic mass is 16.6. The Bertz CT molecular complexity index is 1240. The number of fused-ring (bicyclic) bond motifs is 11. The highest BCUT2D eigenvalue weighted by Crippen LogP contribution is 2.70. The second kappa shape index (κ2) is 7.09. The van der Waals surface area contributed by atoms with E-state index in [1.165, 1.54) is 12.8 Å². The van der Waals surface area contributed by atoms with Gasteiger partial charge in [-0.1, -0.05) is 60.7 Å². The normalized spacial score (nSPS) is 35.4. The van der Waals surface area contributed by atoms with E-state index in [2.05, 4.69) is 61.5 Å². The molecule has 3 heteroatoms. The maximum Gasteiger partial charge on any atom is 0.312 e. The van der Waals surface area contributed by atoms with Gasteiger partial charge in [0.2, 0.25) is 0 Å². The van der Waals surface area contributed by atoms with Crippen molar-refractivity contribution >= 4 is 27.5 Å². The molecule has 7 unspecified atom stereocenters. The molecule has 0 radical (unpaired) electrons. The van der Waals surface area contributed by atoms with Crippen LogP contribution >= 0.6 is 0 Å². The molecule has 3 saturated carbocycles. The van der Waals surface area contributed by atoms with Crippen molar-refractivity contribution in [2.24, 2.45) is 40.9 Å². The van der Waals surface area contributed by atoms with Gasteiger partial charge in [-0.25, -0.2) is 0 Å². The van der Waals surface area contributed by atoms with Crippen molar-refractivity contribution in [3.63, 3.8) is 0 Å². The zero-order chi connectivity index (χ0) is 22.2. The molecule has 0 heterocycles. The van der Waals surface area contributed by atoms with Crippen molar-refractivity contribution in [3.05, 3.63) is 66.7 Å². The van der Waals surface area contributed by atoms with Gasteiger partial charge in [0.1, 0.15) is 19.0 Å². The van der Waals surface area contributed by atoms with Crippen molar-refractivity contribution < 1.29 is 14.3 Å². The van der Waals surface area contributed by atoms with E-state index in [1.54, 1.807) is 0 Å². The van der Waals surface area contributed by atoms with Gasteiger partial charge >= 0.3 is 5.97 Å². The van der Waals surface area contributed by atoms with Gasteiger partial charge in [-0.3, -0.25) is 4.79 Å². The molecule has 7 rings (SSSR count). The molecule has 0 saturated heterocycles. The van der Waals surface area contributed by atoms with Crippen LogP contribution in [0.3, 0.4) is 0 Å². The van der Waals surface area contributed by atoms with Crippen LogP contribution in [0.2, 0.25) is 0 Å². The lowest BCUT2D eigenvalue weighted by atomic mass is 9.63. The predicted molar refractivity (Wildman–Crippen MR) is 130 cm³/mol. The van der Waals surface area contributed by atoms with E-state index >= 15 is 0 Å². The Kier molecular flexibility index (Phi) is 4.22. The van der Waals surface area contributed by atoms with E-state index in [4.69, 9.17) is 9.47 Å². The minimum Gasteiger partial charge on any atom is -0.489 e. The van der Waals surface area contributed by atoms with Crippen LogP contribution < -0.4 is 4.74 Å². The van der Waals surface area contributed by atoms with Gasteiger partial charge in [0, 0.05) is 10.8 Å². The number of carbonyl (C=O) groups is 1. The van der Waals surface area contributed by atoms with Crippen molar-refractivity contribution in [1.29, 1.82) is 0 Å². The lowest BCUT2D eigenvalue weighted by Gasteiger charge is -2.41. The highest BCUT2D eigenvalue weighted by Gasteiger charge is 2.66. The summed E-state index contributed by atoms with van der Waals surface area (Å²) in [4.78, 5) is 13.3.